The van der Waals surface area contributed by atoms with Crippen molar-refractivity contribution in [2.45, 2.75) is 32.7 Å². The van der Waals surface area contributed by atoms with Crippen LogP contribution in [-0.2, 0) is 22.5 Å². The van der Waals surface area contributed by atoms with Crippen molar-refractivity contribution in [2.24, 2.45) is 11.3 Å². The van der Waals surface area contributed by atoms with E-state index in [-0.39, 0.29) is 17.2 Å². The van der Waals surface area contributed by atoms with Gasteiger partial charge in [0.1, 0.15) is 0 Å². The Morgan fingerprint density at radius 3 is 2.79 bits per heavy atom. The van der Waals surface area contributed by atoms with E-state index < -0.39 is 0 Å². The molecule has 2 fully saturated rings. The van der Waals surface area contributed by atoms with Crippen molar-refractivity contribution in [3.63, 3.8) is 0 Å². The number of piperidine rings is 1. The van der Waals surface area contributed by atoms with Crippen molar-refractivity contribution in [1.29, 1.82) is 0 Å². The maximum atomic E-state index is 13.7. The number of carbonyl (C=O) groups excluding carboxylic acids is 1. The first-order valence-corrected chi connectivity index (χ1v) is 12.0. The Labute approximate surface area is 195 Å². The molecule has 0 spiro atoms. The molecule has 5 rings (SSSR count). The van der Waals surface area contributed by atoms with Crippen LogP contribution in [0.25, 0.3) is 5.65 Å². The number of likely N-dealkylation sites (tertiary alicyclic amines) is 1. The monoisotopic (exact) mass is 447 g/mol. The van der Waals surface area contributed by atoms with Crippen LogP contribution >= 0.6 is 0 Å². The van der Waals surface area contributed by atoms with Gasteiger partial charge in [0.2, 0.25) is 5.91 Å². The number of amides is 1. The summed E-state index contributed by atoms with van der Waals surface area (Å²) in [5, 5.41) is 0. The summed E-state index contributed by atoms with van der Waals surface area (Å²) in [6.45, 7) is 7.70. The predicted octanol–water partition coefficient (Wildman–Crippen LogP) is 3.05. The van der Waals surface area contributed by atoms with Gasteiger partial charge >= 0.3 is 0 Å². The number of rotatable bonds is 5. The number of fused-ring (bicyclic) bond motifs is 1. The highest BCUT2D eigenvalue weighted by molar-refractivity contribution is 5.82. The van der Waals surface area contributed by atoms with Crippen molar-refractivity contribution >= 4 is 11.6 Å². The van der Waals surface area contributed by atoms with Gasteiger partial charge in [-0.25, -0.2) is 4.98 Å². The van der Waals surface area contributed by atoms with Crippen LogP contribution in [0.15, 0.2) is 55.1 Å². The van der Waals surface area contributed by atoms with E-state index in [0.717, 1.165) is 56.8 Å². The number of nitrogens with zero attached hydrogens (tertiary/aromatic N) is 5. The highest BCUT2D eigenvalue weighted by Gasteiger charge is 2.40. The van der Waals surface area contributed by atoms with E-state index in [4.69, 9.17) is 4.74 Å². The zero-order chi connectivity index (χ0) is 22.7. The van der Waals surface area contributed by atoms with Crippen molar-refractivity contribution < 1.29 is 9.53 Å². The van der Waals surface area contributed by atoms with Crippen molar-refractivity contribution in [3.8, 4) is 0 Å². The second kappa shape index (κ2) is 9.61. The number of benzene rings is 1. The Morgan fingerprint density at radius 2 is 1.97 bits per heavy atom. The molecule has 2 aliphatic heterocycles. The van der Waals surface area contributed by atoms with Crippen LogP contribution in [0, 0.1) is 11.3 Å². The first kappa shape index (κ1) is 22.0. The van der Waals surface area contributed by atoms with Crippen LogP contribution in [0.4, 0.5) is 0 Å². The lowest BCUT2D eigenvalue weighted by molar-refractivity contribution is -0.144. The summed E-state index contributed by atoms with van der Waals surface area (Å²) in [6.07, 6.45) is 10.1. The summed E-state index contributed by atoms with van der Waals surface area (Å²) in [6, 6.07) is 10.6. The molecule has 0 saturated carbocycles. The van der Waals surface area contributed by atoms with Gasteiger partial charge in [-0.15, -0.1) is 0 Å². The van der Waals surface area contributed by atoms with Crippen LogP contribution in [0.5, 0.6) is 0 Å². The molecule has 0 bridgehead atoms. The zero-order valence-corrected chi connectivity index (χ0v) is 19.4. The molecule has 1 aromatic carbocycles. The Hall–Kier alpha value is -2.77. The van der Waals surface area contributed by atoms with Crippen molar-refractivity contribution in [1.82, 2.24) is 24.2 Å². The van der Waals surface area contributed by atoms with Gasteiger partial charge in [0.05, 0.1) is 25.1 Å². The molecule has 2 aliphatic rings. The van der Waals surface area contributed by atoms with Gasteiger partial charge in [0.15, 0.2) is 5.65 Å². The SMILES string of the molecule is CC1(C(=O)N2CCOC[C@H](Cc3cn4ccnc4cn3)C2)CCN(Cc2ccccc2)CC1. The predicted molar refractivity (Wildman–Crippen MR) is 127 cm³/mol. The lowest BCUT2D eigenvalue weighted by atomic mass is 9.78. The number of imidazole rings is 1. The van der Waals surface area contributed by atoms with Gasteiger partial charge in [0.25, 0.3) is 0 Å². The molecule has 1 atom stereocenters. The number of ether oxygens (including phenoxy) is 1. The summed E-state index contributed by atoms with van der Waals surface area (Å²) >= 11 is 0. The molecule has 0 aliphatic carbocycles. The van der Waals surface area contributed by atoms with Gasteiger partial charge in [-0.3, -0.25) is 14.7 Å². The zero-order valence-electron chi connectivity index (χ0n) is 19.4. The molecular weight excluding hydrogens is 414 g/mol. The van der Waals surface area contributed by atoms with E-state index in [0.29, 0.717) is 19.8 Å². The van der Waals surface area contributed by atoms with Crippen LogP contribution in [-0.4, -0.2) is 69.5 Å². The second-order valence-electron chi connectivity index (χ2n) is 9.79. The highest BCUT2D eigenvalue weighted by Crippen LogP contribution is 2.34. The third-order valence-corrected chi connectivity index (χ3v) is 7.18. The highest BCUT2D eigenvalue weighted by atomic mass is 16.5. The van der Waals surface area contributed by atoms with Gasteiger partial charge in [-0.2, -0.15) is 0 Å². The van der Waals surface area contributed by atoms with E-state index in [9.17, 15) is 4.79 Å². The molecule has 33 heavy (non-hydrogen) atoms. The van der Waals surface area contributed by atoms with Crippen LogP contribution < -0.4 is 0 Å². The Morgan fingerprint density at radius 1 is 1.15 bits per heavy atom. The van der Waals surface area contributed by atoms with E-state index in [1.54, 1.807) is 12.4 Å². The Kier molecular flexibility index (Phi) is 6.42. The molecule has 0 radical (unpaired) electrons. The fourth-order valence-corrected chi connectivity index (χ4v) is 5.10. The van der Waals surface area contributed by atoms with E-state index in [2.05, 4.69) is 57.0 Å². The molecular formula is C26H33N5O2. The van der Waals surface area contributed by atoms with Crippen molar-refractivity contribution in [3.05, 3.63) is 66.4 Å². The molecule has 7 nitrogen and oxygen atoms in total. The maximum absolute atomic E-state index is 13.7. The first-order valence-electron chi connectivity index (χ1n) is 12.0. The summed E-state index contributed by atoms with van der Waals surface area (Å²) in [5.74, 6) is 0.530. The molecule has 174 valence electrons. The summed E-state index contributed by atoms with van der Waals surface area (Å²) < 4.78 is 7.88. The van der Waals surface area contributed by atoms with Gasteiger partial charge in [-0.05, 0) is 37.9 Å². The minimum Gasteiger partial charge on any atom is -0.379 e. The minimum absolute atomic E-state index is 0.242. The van der Waals surface area contributed by atoms with E-state index in [1.807, 2.05) is 16.8 Å². The molecule has 0 unspecified atom stereocenters. The number of carbonyl (C=O) groups is 1. The average Bonchev–Trinajstić information content (AvgIpc) is 3.18. The molecule has 1 amide bonds. The third kappa shape index (κ3) is 5.09. The quantitative estimate of drug-likeness (QED) is 0.602. The average molecular weight is 448 g/mol. The smallest absolute Gasteiger partial charge is 0.228 e. The van der Waals surface area contributed by atoms with E-state index >= 15 is 0 Å². The third-order valence-electron chi connectivity index (χ3n) is 7.18. The standard InChI is InChI=1S/C26H33N5O2/c1-26(7-10-29(11-8-26)17-21-5-3-2-4-6-21)25(32)31-13-14-33-20-22(18-31)15-23-19-30-12-9-27-24(30)16-28-23/h2-6,9,12,16,19,22H,7-8,10-11,13-15,17-18,20H2,1H3/t22-/m1/s1. The molecule has 0 N–H and O–H groups in total. The van der Waals surface area contributed by atoms with Crippen LogP contribution in [0.2, 0.25) is 0 Å². The Bertz CT molecular complexity index is 1070. The van der Waals surface area contributed by atoms with Gasteiger partial charge in [-0.1, -0.05) is 37.3 Å². The summed E-state index contributed by atoms with van der Waals surface area (Å²) in [5.41, 5.74) is 2.89. The van der Waals surface area contributed by atoms with Crippen molar-refractivity contribution in [2.75, 3.05) is 39.4 Å². The van der Waals surface area contributed by atoms with Crippen LogP contribution in [0.3, 0.4) is 0 Å². The van der Waals surface area contributed by atoms with Gasteiger partial charge < -0.3 is 14.0 Å². The molecule has 4 heterocycles. The lowest BCUT2D eigenvalue weighted by Gasteiger charge is -2.41. The molecule has 7 heteroatoms. The number of aromatic nitrogens is 3. The topological polar surface area (TPSA) is 63.0 Å². The second-order valence-corrected chi connectivity index (χ2v) is 9.79. The molecule has 3 aromatic rings. The summed E-state index contributed by atoms with van der Waals surface area (Å²) in [4.78, 5) is 27.0. The fourth-order valence-electron chi connectivity index (χ4n) is 5.10. The maximum Gasteiger partial charge on any atom is 0.228 e. The number of hydrogen-bond donors (Lipinski definition) is 0. The largest absolute Gasteiger partial charge is 0.379 e. The first-order chi connectivity index (χ1) is 16.1. The Balaban J connectivity index is 1.20. The lowest BCUT2D eigenvalue weighted by Crippen LogP contribution is -2.50. The molecule has 2 aromatic heterocycles. The normalized spacial score (nSPS) is 21.7. The van der Waals surface area contributed by atoms with Gasteiger partial charge in [0, 0.05) is 49.6 Å². The summed E-state index contributed by atoms with van der Waals surface area (Å²) in [7, 11) is 0. The fraction of sp³-hybridized carbons (Fsp3) is 0.500. The van der Waals surface area contributed by atoms with Crippen LogP contribution in [0.1, 0.15) is 31.0 Å². The minimum atomic E-state index is -0.296. The molecule has 2 saturated heterocycles. The van der Waals surface area contributed by atoms with E-state index in [1.165, 1.54) is 5.56 Å². The number of hydrogen-bond acceptors (Lipinski definition) is 5.